The molecule has 160 valence electrons. The number of rotatable bonds is 5. The number of benzene rings is 1. The fraction of sp³-hybridized carbons (Fsp3) is 0.0476. The average Bonchev–Trinajstić information content (AvgIpc) is 3.51. The quantitative estimate of drug-likeness (QED) is 0.323. The van der Waals surface area contributed by atoms with Crippen molar-refractivity contribution in [1.29, 1.82) is 0 Å². The van der Waals surface area contributed by atoms with Crippen LogP contribution in [0.1, 0.15) is 15.9 Å². The van der Waals surface area contributed by atoms with Gasteiger partial charge in [0.1, 0.15) is 10.6 Å². The summed E-state index contributed by atoms with van der Waals surface area (Å²) in [7, 11) is 0. The molecule has 1 amide bonds. The molecule has 0 fully saturated rings. The molecule has 0 aliphatic carbocycles. The molecule has 1 N–H and O–H groups in total. The standard InChI is InChI=1S/C21H13Cl3N6OS/c22-14-4-3-12(8-15(14)23)10-29-11-16(24)19(28-29)27-21(31)13-9-26-30-17(5-6-25-20(13)30)18-2-1-7-32-18/h1-9,11H,10H2,(H,27,28,31). The van der Waals surface area contributed by atoms with Crippen LogP contribution in [-0.4, -0.2) is 30.3 Å². The van der Waals surface area contributed by atoms with Crippen LogP contribution in [0.5, 0.6) is 0 Å². The van der Waals surface area contributed by atoms with E-state index < -0.39 is 5.91 Å². The summed E-state index contributed by atoms with van der Waals surface area (Å²) < 4.78 is 3.26. The van der Waals surface area contributed by atoms with Gasteiger partial charge in [-0.05, 0) is 35.2 Å². The van der Waals surface area contributed by atoms with E-state index >= 15 is 0 Å². The van der Waals surface area contributed by atoms with Crippen molar-refractivity contribution in [2.45, 2.75) is 6.54 Å². The molecule has 7 nitrogen and oxygen atoms in total. The van der Waals surface area contributed by atoms with Crippen LogP contribution in [0.4, 0.5) is 5.82 Å². The summed E-state index contributed by atoms with van der Waals surface area (Å²) in [6.07, 6.45) is 4.76. The lowest BCUT2D eigenvalue weighted by molar-refractivity contribution is 0.102. The number of carbonyl (C=O) groups excluding carboxylic acids is 1. The molecular weight excluding hydrogens is 491 g/mol. The van der Waals surface area contributed by atoms with E-state index in [4.69, 9.17) is 34.8 Å². The van der Waals surface area contributed by atoms with Crippen molar-refractivity contribution >= 4 is 63.5 Å². The number of amides is 1. The van der Waals surface area contributed by atoms with Crippen molar-refractivity contribution in [3.63, 3.8) is 0 Å². The molecular formula is C21H13Cl3N6OS. The molecule has 0 spiro atoms. The lowest BCUT2D eigenvalue weighted by atomic mass is 10.2. The van der Waals surface area contributed by atoms with Crippen LogP contribution in [0.15, 0.2) is 60.4 Å². The molecule has 0 atom stereocenters. The van der Waals surface area contributed by atoms with E-state index in [1.54, 1.807) is 45.1 Å². The first-order chi connectivity index (χ1) is 15.5. The topological polar surface area (TPSA) is 77.1 Å². The number of aromatic nitrogens is 5. The van der Waals surface area contributed by atoms with E-state index in [-0.39, 0.29) is 5.82 Å². The highest BCUT2D eigenvalue weighted by molar-refractivity contribution is 7.13. The Morgan fingerprint density at radius 1 is 1.09 bits per heavy atom. The number of halogens is 3. The summed E-state index contributed by atoms with van der Waals surface area (Å²) in [4.78, 5) is 18.3. The van der Waals surface area contributed by atoms with Gasteiger partial charge in [-0.2, -0.15) is 10.2 Å². The Morgan fingerprint density at radius 2 is 1.97 bits per heavy atom. The zero-order valence-corrected chi connectivity index (χ0v) is 19.3. The number of nitrogens with zero attached hydrogens (tertiary/aromatic N) is 5. The van der Waals surface area contributed by atoms with E-state index in [0.717, 1.165) is 16.1 Å². The third-order valence-corrected chi connectivity index (χ3v) is 6.61. The summed E-state index contributed by atoms with van der Waals surface area (Å²) in [5.41, 5.74) is 2.51. The first-order valence-corrected chi connectivity index (χ1v) is 11.4. The van der Waals surface area contributed by atoms with Gasteiger partial charge < -0.3 is 5.32 Å². The maximum atomic E-state index is 12.9. The van der Waals surface area contributed by atoms with Crippen molar-refractivity contribution in [2.24, 2.45) is 0 Å². The molecule has 11 heteroatoms. The highest BCUT2D eigenvalue weighted by atomic mass is 35.5. The zero-order valence-electron chi connectivity index (χ0n) is 16.2. The molecule has 32 heavy (non-hydrogen) atoms. The van der Waals surface area contributed by atoms with Gasteiger partial charge >= 0.3 is 0 Å². The number of anilines is 1. The Labute approximate surface area is 201 Å². The molecule has 0 radical (unpaired) electrons. The van der Waals surface area contributed by atoms with Gasteiger partial charge in [0.2, 0.25) is 0 Å². The molecule has 0 saturated carbocycles. The molecule has 0 aliphatic heterocycles. The summed E-state index contributed by atoms with van der Waals surface area (Å²) in [5, 5.41) is 14.7. The van der Waals surface area contributed by atoms with Crippen LogP contribution >= 0.6 is 46.1 Å². The normalized spacial score (nSPS) is 11.2. The van der Waals surface area contributed by atoms with Gasteiger partial charge in [0, 0.05) is 12.4 Å². The Bertz CT molecular complexity index is 1440. The van der Waals surface area contributed by atoms with E-state index in [9.17, 15) is 4.79 Å². The summed E-state index contributed by atoms with van der Waals surface area (Å²) >= 11 is 19.9. The average molecular weight is 504 g/mol. The molecule has 5 rings (SSSR count). The Morgan fingerprint density at radius 3 is 2.75 bits per heavy atom. The molecule has 4 aromatic heterocycles. The van der Waals surface area contributed by atoms with Crippen molar-refractivity contribution < 1.29 is 4.79 Å². The maximum Gasteiger partial charge on any atom is 0.262 e. The molecule has 0 saturated heterocycles. The monoisotopic (exact) mass is 502 g/mol. The van der Waals surface area contributed by atoms with E-state index in [2.05, 4.69) is 20.5 Å². The zero-order chi connectivity index (χ0) is 22.2. The van der Waals surface area contributed by atoms with E-state index in [0.29, 0.717) is 32.8 Å². The number of nitrogens with one attached hydrogen (secondary N) is 1. The predicted octanol–water partition coefficient (Wildman–Crippen LogP) is 5.92. The van der Waals surface area contributed by atoms with Gasteiger partial charge in [-0.15, -0.1) is 11.3 Å². The van der Waals surface area contributed by atoms with Crippen LogP contribution in [0.25, 0.3) is 16.2 Å². The second kappa shape index (κ2) is 8.55. The maximum absolute atomic E-state index is 12.9. The fourth-order valence-electron chi connectivity index (χ4n) is 3.23. The largest absolute Gasteiger partial charge is 0.304 e. The first-order valence-electron chi connectivity index (χ1n) is 9.34. The summed E-state index contributed by atoms with van der Waals surface area (Å²) in [6, 6.07) is 11.1. The van der Waals surface area contributed by atoms with Crippen molar-refractivity contribution in [2.75, 3.05) is 5.32 Å². The molecule has 4 heterocycles. The lowest BCUT2D eigenvalue weighted by Crippen LogP contribution is -2.13. The minimum Gasteiger partial charge on any atom is -0.304 e. The Kier molecular flexibility index (Phi) is 5.60. The minimum atomic E-state index is -0.405. The molecule has 0 aliphatic rings. The van der Waals surface area contributed by atoms with Gasteiger partial charge in [0.05, 0.1) is 33.4 Å². The Balaban J connectivity index is 1.39. The number of fused-ring (bicyclic) bond motifs is 1. The van der Waals surface area contributed by atoms with Crippen molar-refractivity contribution in [3.05, 3.63) is 86.6 Å². The Hall–Kier alpha value is -2.91. The van der Waals surface area contributed by atoms with Gasteiger partial charge in [-0.3, -0.25) is 9.48 Å². The summed E-state index contributed by atoms with van der Waals surface area (Å²) in [5.74, 6) is -0.164. The number of carbonyl (C=O) groups is 1. The van der Waals surface area contributed by atoms with Crippen LogP contribution in [0.3, 0.4) is 0 Å². The molecule has 0 unspecified atom stereocenters. The van der Waals surface area contributed by atoms with Gasteiger partial charge in [0.15, 0.2) is 11.5 Å². The minimum absolute atomic E-state index is 0.241. The second-order valence-electron chi connectivity index (χ2n) is 6.83. The second-order valence-corrected chi connectivity index (χ2v) is 9.00. The lowest BCUT2D eigenvalue weighted by Gasteiger charge is -2.04. The number of hydrogen-bond acceptors (Lipinski definition) is 5. The third-order valence-electron chi connectivity index (χ3n) is 4.70. The highest BCUT2D eigenvalue weighted by Gasteiger charge is 2.19. The third kappa shape index (κ3) is 3.98. The highest BCUT2D eigenvalue weighted by Crippen LogP contribution is 2.27. The van der Waals surface area contributed by atoms with Crippen molar-refractivity contribution in [3.8, 4) is 10.6 Å². The van der Waals surface area contributed by atoms with Crippen LogP contribution in [0.2, 0.25) is 15.1 Å². The number of hydrogen-bond donors (Lipinski definition) is 1. The van der Waals surface area contributed by atoms with Crippen LogP contribution < -0.4 is 5.32 Å². The van der Waals surface area contributed by atoms with E-state index in [1.165, 1.54) is 6.20 Å². The SMILES string of the molecule is O=C(Nc1nn(Cc2ccc(Cl)c(Cl)c2)cc1Cl)c1cnn2c(-c3cccs3)ccnc12. The summed E-state index contributed by atoms with van der Waals surface area (Å²) in [6.45, 7) is 0.412. The molecule has 1 aromatic carbocycles. The molecule has 5 aromatic rings. The van der Waals surface area contributed by atoms with Crippen molar-refractivity contribution in [1.82, 2.24) is 24.4 Å². The molecule has 0 bridgehead atoms. The smallest absolute Gasteiger partial charge is 0.262 e. The number of thiophene rings is 1. The fourth-order valence-corrected chi connectivity index (χ4v) is 4.48. The van der Waals surface area contributed by atoms with Crippen LogP contribution in [0, 0.1) is 0 Å². The van der Waals surface area contributed by atoms with Gasteiger partial charge in [-0.1, -0.05) is 46.9 Å². The van der Waals surface area contributed by atoms with Gasteiger partial charge in [0.25, 0.3) is 5.91 Å². The first kappa shape index (κ1) is 21.0. The van der Waals surface area contributed by atoms with Crippen LogP contribution in [-0.2, 0) is 6.54 Å². The predicted molar refractivity (Wildman–Crippen MR) is 127 cm³/mol. The van der Waals surface area contributed by atoms with Gasteiger partial charge in [-0.25, -0.2) is 9.50 Å². The van der Waals surface area contributed by atoms with E-state index in [1.807, 2.05) is 29.6 Å².